The summed E-state index contributed by atoms with van der Waals surface area (Å²) in [5.41, 5.74) is 3.22. The molecule has 4 aliphatic carbocycles. The van der Waals surface area contributed by atoms with E-state index in [0.29, 0.717) is 11.8 Å². The van der Waals surface area contributed by atoms with Gasteiger partial charge >= 0.3 is 0 Å². The lowest BCUT2D eigenvalue weighted by Gasteiger charge is -2.38. The van der Waals surface area contributed by atoms with Crippen LogP contribution < -0.4 is 5.56 Å². The van der Waals surface area contributed by atoms with Gasteiger partial charge in [0.15, 0.2) is 0 Å². The summed E-state index contributed by atoms with van der Waals surface area (Å²) in [7, 11) is 0. The molecule has 4 bridgehead atoms. The minimum Gasteiger partial charge on any atom is -0.305 e. The van der Waals surface area contributed by atoms with E-state index in [1.165, 1.54) is 37.8 Å². The number of pyridine rings is 1. The van der Waals surface area contributed by atoms with Gasteiger partial charge in [-0.3, -0.25) is 4.79 Å². The Morgan fingerprint density at radius 1 is 1.00 bits per heavy atom. The largest absolute Gasteiger partial charge is 0.305 e. The third-order valence-corrected chi connectivity index (χ3v) is 5.75. The molecule has 0 aromatic carbocycles. The second-order valence-corrected chi connectivity index (χ2v) is 6.95. The number of hydrogen-bond donors (Lipinski definition) is 0. The van der Waals surface area contributed by atoms with Crippen LogP contribution >= 0.6 is 0 Å². The summed E-state index contributed by atoms with van der Waals surface area (Å²) in [6, 6.07) is 5.97. The van der Waals surface area contributed by atoms with Crippen LogP contribution in [0.4, 0.5) is 0 Å². The molecule has 2 heterocycles. The average molecular weight is 266 g/mol. The third-order valence-electron chi connectivity index (χ3n) is 5.75. The van der Waals surface area contributed by atoms with Gasteiger partial charge in [0.25, 0.3) is 5.56 Å². The van der Waals surface area contributed by atoms with Gasteiger partial charge in [-0.2, -0.15) is 4.98 Å². The van der Waals surface area contributed by atoms with E-state index in [-0.39, 0.29) is 5.56 Å². The SMILES string of the molecule is O=c1nc2ccccn2c2c1C1CC3CC(C1)CC2C3. The molecule has 2 aromatic rings. The molecule has 2 aromatic heterocycles. The summed E-state index contributed by atoms with van der Waals surface area (Å²) in [6.45, 7) is 0. The van der Waals surface area contributed by atoms with E-state index >= 15 is 0 Å². The molecule has 2 unspecified atom stereocenters. The Bertz CT molecular complexity index is 749. The van der Waals surface area contributed by atoms with Crippen LogP contribution in [0.3, 0.4) is 0 Å². The number of aromatic nitrogens is 2. The Balaban J connectivity index is 1.90. The van der Waals surface area contributed by atoms with Crippen LogP contribution in [0.15, 0.2) is 29.2 Å². The van der Waals surface area contributed by atoms with Gasteiger partial charge in [0.2, 0.25) is 0 Å². The average Bonchev–Trinajstić information content (AvgIpc) is 2.61. The molecule has 0 N–H and O–H groups in total. The predicted octanol–water partition coefficient (Wildman–Crippen LogP) is 3.09. The summed E-state index contributed by atoms with van der Waals surface area (Å²) in [5, 5.41) is 0. The van der Waals surface area contributed by atoms with Crippen molar-refractivity contribution in [1.29, 1.82) is 0 Å². The Morgan fingerprint density at radius 2 is 1.75 bits per heavy atom. The second kappa shape index (κ2) is 3.72. The van der Waals surface area contributed by atoms with Crippen LogP contribution in [0.2, 0.25) is 0 Å². The van der Waals surface area contributed by atoms with Gasteiger partial charge in [-0.05, 0) is 62.0 Å². The van der Waals surface area contributed by atoms with Gasteiger partial charge in [-0.1, -0.05) is 6.07 Å². The predicted molar refractivity (Wildman–Crippen MR) is 77.0 cm³/mol. The van der Waals surface area contributed by atoms with Crippen molar-refractivity contribution >= 4 is 5.65 Å². The molecule has 3 heteroatoms. The van der Waals surface area contributed by atoms with Gasteiger partial charge in [0, 0.05) is 23.4 Å². The molecule has 2 atom stereocenters. The Kier molecular flexibility index (Phi) is 2.06. The first kappa shape index (κ1) is 11.1. The first-order valence-corrected chi connectivity index (χ1v) is 7.81. The molecule has 0 amide bonds. The summed E-state index contributed by atoms with van der Waals surface area (Å²) in [6.07, 6.45) is 8.48. The lowest BCUT2D eigenvalue weighted by Crippen LogP contribution is -2.26. The molecule has 102 valence electrons. The maximum Gasteiger partial charge on any atom is 0.276 e. The molecule has 3 nitrogen and oxygen atoms in total. The maximum atomic E-state index is 12.6. The summed E-state index contributed by atoms with van der Waals surface area (Å²) < 4.78 is 2.20. The highest BCUT2D eigenvalue weighted by Gasteiger charge is 2.44. The molecule has 4 aliphatic rings. The van der Waals surface area contributed by atoms with Crippen molar-refractivity contribution in [2.24, 2.45) is 11.8 Å². The zero-order chi connectivity index (χ0) is 13.3. The molecule has 20 heavy (non-hydrogen) atoms. The van der Waals surface area contributed by atoms with Crippen LogP contribution in [-0.4, -0.2) is 9.38 Å². The number of rotatable bonds is 0. The van der Waals surface area contributed by atoms with Crippen molar-refractivity contribution in [3.8, 4) is 0 Å². The van der Waals surface area contributed by atoms with Crippen LogP contribution in [0.1, 0.15) is 55.2 Å². The molecule has 2 fully saturated rings. The number of nitrogens with zero attached hydrogens (tertiary/aromatic N) is 2. The third kappa shape index (κ3) is 1.36. The highest BCUT2D eigenvalue weighted by Crippen LogP contribution is 2.55. The minimum atomic E-state index is 0.0457. The zero-order valence-electron chi connectivity index (χ0n) is 11.5. The number of hydrogen-bond acceptors (Lipinski definition) is 2. The highest BCUT2D eigenvalue weighted by molar-refractivity contribution is 5.44. The van der Waals surface area contributed by atoms with Crippen molar-refractivity contribution in [3.63, 3.8) is 0 Å². The van der Waals surface area contributed by atoms with Gasteiger partial charge in [-0.15, -0.1) is 0 Å². The van der Waals surface area contributed by atoms with E-state index in [9.17, 15) is 4.79 Å². The zero-order valence-corrected chi connectivity index (χ0v) is 11.5. The lowest BCUT2D eigenvalue weighted by atomic mass is 9.67. The molecule has 2 saturated carbocycles. The Hall–Kier alpha value is -1.64. The van der Waals surface area contributed by atoms with Gasteiger partial charge in [-0.25, -0.2) is 0 Å². The van der Waals surface area contributed by atoms with E-state index in [1.54, 1.807) is 0 Å². The standard InChI is InChI=1S/C17H18N2O/c20-17-15-12-6-10-5-11(7-12)9-13(8-10)16(15)19-4-2-1-3-14(19)18-17/h1-4,10-13H,5-9H2. The maximum absolute atomic E-state index is 12.6. The number of fused-ring (bicyclic) bond motifs is 1. The van der Waals surface area contributed by atoms with E-state index in [4.69, 9.17) is 0 Å². The lowest BCUT2D eigenvalue weighted by molar-refractivity contribution is 0.164. The second-order valence-electron chi connectivity index (χ2n) is 6.95. The molecular weight excluding hydrogens is 248 g/mol. The fourth-order valence-corrected chi connectivity index (χ4v) is 5.24. The monoisotopic (exact) mass is 266 g/mol. The van der Waals surface area contributed by atoms with Gasteiger partial charge in [0.05, 0.1) is 0 Å². The first-order valence-electron chi connectivity index (χ1n) is 7.81. The molecule has 0 saturated heterocycles. The van der Waals surface area contributed by atoms with Crippen molar-refractivity contribution in [3.05, 3.63) is 46.0 Å². The molecule has 0 aliphatic heterocycles. The fraction of sp³-hybridized carbons (Fsp3) is 0.529. The van der Waals surface area contributed by atoms with E-state index < -0.39 is 0 Å². The van der Waals surface area contributed by atoms with Crippen LogP contribution in [0, 0.1) is 11.8 Å². The van der Waals surface area contributed by atoms with Crippen LogP contribution in [0.25, 0.3) is 5.65 Å². The molecular formula is C17H18N2O. The Morgan fingerprint density at radius 3 is 2.55 bits per heavy atom. The van der Waals surface area contributed by atoms with Crippen molar-refractivity contribution in [1.82, 2.24) is 9.38 Å². The minimum absolute atomic E-state index is 0.0457. The Labute approximate surface area is 117 Å². The van der Waals surface area contributed by atoms with Crippen molar-refractivity contribution in [2.45, 2.75) is 43.9 Å². The normalized spacial score (nSPS) is 34.2. The summed E-state index contributed by atoms with van der Waals surface area (Å²) >= 11 is 0. The van der Waals surface area contributed by atoms with Gasteiger partial charge < -0.3 is 4.40 Å². The molecule has 6 rings (SSSR count). The van der Waals surface area contributed by atoms with E-state index in [1.807, 2.05) is 12.1 Å². The fourth-order valence-electron chi connectivity index (χ4n) is 5.24. The van der Waals surface area contributed by atoms with Gasteiger partial charge in [0.1, 0.15) is 5.65 Å². The van der Waals surface area contributed by atoms with Crippen molar-refractivity contribution in [2.75, 3.05) is 0 Å². The molecule has 0 radical (unpaired) electrons. The van der Waals surface area contributed by atoms with E-state index in [0.717, 1.165) is 23.0 Å². The van der Waals surface area contributed by atoms with E-state index in [2.05, 4.69) is 21.6 Å². The first-order chi connectivity index (χ1) is 9.79. The van der Waals surface area contributed by atoms with Crippen molar-refractivity contribution < 1.29 is 0 Å². The topological polar surface area (TPSA) is 34.4 Å². The van der Waals surface area contributed by atoms with Crippen LogP contribution in [0.5, 0.6) is 0 Å². The summed E-state index contributed by atoms with van der Waals surface area (Å²) in [4.78, 5) is 16.9. The quantitative estimate of drug-likeness (QED) is 0.734. The summed E-state index contributed by atoms with van der Waals surface area (Å²) in [5.74, 6) is 2.72. The van der Waals surface area contributed by atoms with Crippen LogP contribution in [-0.2, 0) is 0 Å². The molecule has 0 spiro atoms. The smallest absolute Gasteiger partial charge is 0.276 e. The highest BCUT2D eigenvalue weighted by atomic mass is 16.1.